The molecule has 184 valence electrons. The van der Waals surface area contributed by atoms with Crippen molar-refractivity contribution >= 4 is 29.1 Å². The molecule has 1 aliphatic heterocycles. The van der Waals surface area contributed by atoms with E-state index in [1.807, 2.05) is 36.4 Å². The van der Waals surface area contributed by atoms with E-state index in [0.717, 1.165) is 48.9 Å². The average Bonchev–Trinajstić information content (AvgIpc) is 3.43. The first-order valence-electron chi connectivity index (χ1n) is 11.5. The van der Waals surface area contributed by atoms with Crippen LogP contribution >= 0.6 is 11.6 Å². The third kappa shape index (κ3) is 6.35. The second-order valence-corrected chi connectivity index (χ2v) is 8.64. The van der Waals surface area contributed by atoms with Crippen LogP contribution in [0.25, 0.3) is 0 Å². The van der Waals surface area contributed by atoms with Crippen LogP contribution in [-0.4, -0.2) is 56.5 Å². The minimum Gasteiger partial charge on any atom is -0.497 e. The standard InChI is InChI=1S/C26H29ClN4O4/c1-34-21-10-8-20(9-11-21)30-12-14-31(15-13-30)23(24-7-4-16-35-24)18-29-26(33)25(32)28-17-19-5-2-3-6-22(19)27/h2-11,16,23H,12-15,17-18H2,1H3,(H,28,32)(H,29,33)/t23-/m1/s1. The number of amides is 2. The summed E-state index contributed by atoms with van der Waals surface area (Å²) in [4.78, 5) is 29.4. The molecule has 8 nitrogen and oxygen atoms in total. The lowest BCUT2D eigenvalue weighted by Gasteiger charge is -2.39. The molecule has 1 fully saturated rings. The van der Waals surface area contributed by atoms with Gasteiger partial charge in [-0.2, -0.15) is 0 Å². The van der Waals surface area contributed by atoms with Crippen LogP contribution in [0.2, 0.25) is 5.02 Å². The van der Waals surface area contributed by atoms with Gasteiger partial charge in [0.2, 0.25) is 0 Å². The molecule has 4 rings (SSSR count). The minimum absolute atomic E-state index is 0.177. The van der Waals surface area contributed by atoms with Crippen molar-refractivity contribution in [2.45, 2.75) is 12.6 Å². The molecule has 0 bridgehead atoms. The predicted molar refractivity (Wildman–Crippen MR) is 135 cm³/mol. The van der Waals surface area contributed by atoms with E-state index >= 15 is 0 Å². The molecule has 0 radical (unpaired) electrons. The lowest BCUT2D eigenvalue weighted by Crippen LogP contribution is -2.50. The van der Waals surface area contributed by atoms with Crippen molar-refractivity contribution in [3.05, 3.63) is 83.3 Å². The molecule has 1 aliphatic rings. The Morgan fingerprint density at radius 1 is 0.971 bits per heavy atom. The fourth-order valence-corrected chi connectivity index (χ4v) is 4.35. The molecule has 0 aliphatic carbocycles. The number of rotatable bonds is 8. The highest BCUT2D eigenvalue weighted by Gasteiger charge is 2.28. The zero-order valence-corrected chi connectivity index (χ0v) is 20.3. The van der Waals surface area contributed by atoms with Gasteiger partial charge in [0.15, 0.2) is 0 Å². The van der Waals surface area contributed by atoms with Gasteiger partial charge in [-0.3, -0.25) is 14.5 Å². The number of benzene rings is 2. The van der Waals surface area contributed by atoms with Gasteiger partial charge >= 0.3 is 11.8 Å². The number of nitrogens with zero attached hydrogens (tertiary/aromatic N) is 2. The van der Waals surface area contributed by atoms with Crippen molar-refractivity contribution in [3.63, 3.8) is 0 Å². The molecule has 1 atom stereocenters. The molecule has 1 saturated heterocycles. The first-order valence-corrected chi connectivity index (χ1v) is 11.9. The van der Waals surface area contributed by atoms with Gasteiger partial charge < -0.3 is 24.7 Å². The van der Waals surface area contributed by atoms with Gasteiger partial charge in [-0.1, -0.05) is 29.8 Å². The van der Waals surface area contributed by atoms with Crippen molar-refractivity contribution in [2.24, 2.45) is 0 Å². The van der Waals surface area contributed by atoms with E-state index in [-0.39, 0.29) is 19.1 Å². The van der Waals surface area contributed by atoms with Gasteiger partial charge in [-0.25, -0.2) is 0 Å². The van der Waals surface area contributed by atoms with E-state index in [2.05, 4.69) is 32.6 Å². The van der Waals surface area contributed by atoms with E-state index in [1.165, 1.54) is 0 Å². The summed E-state index contributed by atoms with van der Waals surface area (Å²) in [6.45, 7) is 3.67. The first kappa shape index (κ1) is 24.6. The Morgan fingerprint density at radius 3 is 2.34 bits per heavy atom. The maximum Gasteiger partial charge on any atom is 0.309 e. The van der Waals surface area contributed by atoms with E-state index in [4.69, 9.17) is 20.8 Å². The number of furan rings is 1. The molecular weight excluding hydrogens is 468 g/mol. The molecule has 2 heterocycles. The van der Waals surface area contributed by atoms with Crippen molar-refractivity contribution < 1.29 is 18.7 Å². The number of carbonyl (C=O) groups excluding carboxylic acids is 2. The topological polar surface area (TPSA) is 87.0 Å². The van der Waals surface area contributed by atoms with E-state index in [0.29, 0.717) is 5.02 Å². The van der Waals surface area contributed by atoms with E-state index < -0.39 is 11.8 Å². The highest BCUT2D eigenvalue weighted by atomic mass is 35.5. The van der Waals surface area contributed by atoms with Crippen LogP contribution < -0.4 is 20.3 Å². The Kier molecular flexibility index (Phi) is 8.28. The Morgan fingerprint density at radius 2 is 1.69 bits per heavy atom. The number of anilines is 1. The van der Waals surface area contributed by atoms with Crippen molar-refractivity contribution in [1.29, 1.82) is 0 Å². The second-order valence-electron chi connectivity index (χ2n) is 8.24. The Bertz CT molecular complexity index is 1110. The summed E-state index contributed by atoms with van der Waals surface area (Å²) in [5, 5.41) is 5.92. The molecule has 1 aromatic heterocycles. The smallest absolute Gasteiger partial charge is 0.309 e. The third-order valence-corrected chi connectivity index (χ3v) is 6.49. The van der Waals surface area contributed by atoms with E-state index in [1.54, 1.807) is 25.5 Å². The van der Waals surface area contributed by atoms with Gasteiger partial charge in [0.05, 0.1) is 19.4 Å². The number of halogens is 1. The minimum atomic E-state index is -0.701. The fourth-order valence-electron chi connectivity index (χ4n) is 4.14. The van der Waals surface area contributed by atoms with E-state index in [9.17, 15) is 9.59 Å². The number of piperazine rings is 1. The summed E-state index contributed by atoms with van der Waals surface area (Å²) in [5.74, 6) is 0.189. The van der Waals surface area contributed by atoms with Crippen LogP contribution in [0.5, 0.6) is 5.75 Å². The largest absolute Gasteiger partial charge is 0.497 e. The van der Waals surface area contributed by atoms with Gasteiger partial charge in [0.1, 0.15) is 11.5 Å². The molecule has 2 amide bonds. The zero-order chi connectivity index (χ0) is 24.6. The molecule has 9 heteroatoms. The second kappa shape index (κ2) is 11.8. The number of carbonyl (C=O) groups is 2. The SMILES string of the molecule is COc1ccc(N2CCN([C@H](CNC(=O)C(=O)NCc3ccccc3Cl)c3ccco3)CC2)cc1. The van der Waals surface area contributed by atoms with Crippen LogP contribution in [0.1, 0.15) is 17.4 Å². The summed E-state index contributed by atoms with van der Waals surface area (Å²) in [7, 11) is 1.66. The number of hydrogen-bond acceptors (Lipinski definition) is 6. The molecule has 2 N–H and O–H groups in total. The number of ether oxygens (including phenoxy) is 1. The lowest BCUT2D eigenvalue weighted by atomic mass is 10.1. The highest BCUT2D eigenvalue weighted by molar-refractivity contribution is 6.35. The highest BCUT2D eigenvalue weighted by Crippen LogP contribution is 2.25. The summed E-state index contributed by atoms with van der Waals surface area (Å²) < 4.78 is 10.9. The average molecular weight is 497 g/mol. The predicted octanol–water partition coefficient (Wildman–Crippen LogP) is 3.24. The fraction of sp³-hybridized carbons (Fsp3) is 0.308. The lowest BCUT2D eigenvalue weighted by molar-refractivity contribution is -0.139. The summed E-state index contributed by atoms with van der Waals surface area (Å²) in [6.07, 6.45) is 1.62. The first-order chi connectivity index (χ1) is 17.0. The molecular formula is C26H29ClN4O4. The van der Waals surface area contributed by atoms with Crippen LogP contribution in [-0.2, 0) is 16.1 Å². The Balaban J connectivity index is 1.32. The quantitative estimate of drug-likeness (QED) is 0.466. The normalized spacial score (nSPS) is 14.9. The molecule has 3 aromatic rings. The number of hydrogen-bond donors (Lipinski definition) is 2. The number of nitrogens with one attached hydrogen (secondary N) is 2. The monoisotopic (exact) mass is 496 g/mol. The van der Waals surface area contributed by atoms with Crippen molar-refractivity contribution in [2.75, 3.05) is 44.7 Å². The van der Waals surface area contributed by atoms with Gasteiger partial charge in [0.25, 0.3) is 0 Å². The Hall–Kier alpha value is -3.49. The maximum absolute atomic E-state index is 12.5. The van der Waals surface area contributed by atoms with Crippen LogP contribution in [0.3, 0.4) is 0 Å². The van der Waals surface area contributed by atoms with Crippen LogP contribution in [0, 0.1) is 0 Å². The number of methoxy groups -OCH3 is 1. The summed E-state index contributed by atoms with van der Waals surface area (Å²) >= 11 is 6.12. The molecule has 35 heavy (non-hydrogen) atoms. The van der Waals surface area contributed by atoms with Gasteiger partial charge in [-0.15, -0.1) is 0 Å². The summed E-state index contributed by atoms with van der Waals surface area (Å²) in [6, 6.07) is 18.8. The Labute approximate surface area is 209 Å². The maximum atomic E-state index is 12.5. The van der Waals surface area contributed by atoms with Crippen LogP contribution in [0.15, 0.2) is 71.3 Å². The van der Waals surface area contributed by atoms with Crippen LogP contribution in [0.4, 0.5) is 5.69 Å². The van der Waals surface area contributed by atoms with Crippen molar-refractivity contribution in [3.8, 4) is 5.75 Å². The molecule has 0 unspecified atom stereocenters. The molecule has 2 aromatic carbocycles. The van der Waals surface area contributed by atoms with Crippen molar-refractivity contribution in [1.82, 2.24) is 15.5 Å². The zero-order valence-electron chi connectivity index (χ0n) is 19.6. The van der Waals surface area contributed by atoms with Gasteiger partial charge in [0, 0.05) is 50.0 Å². The van der Waals surface area contributed by atoms with Gasteiger partial charge in [-0.05, 0) is 48.0 Å². The third-order valence-electron chi connectivity index (χ3n) is 6.12. The summed E-state index contributed by atoms with van der Waals surface area (Å²) in [5.41, 5.74) is 1.89. The molecule has 0 spiro atoms. The molecule has 0 saturated carbocycles.